The largest absolute Gasteiger partial charge is 0.487 e. The molecule has 0 saturated heterocycles. The molecular weight excluding hydrogens is 254 g/mol. The normalized spacial score (nSPS) is 22.2. The second-order valence-corrected chi connectivity index (χ2v) is 5.55. The van der Waals surface area contributed by atoms with Crippen molar-refractivity contribution in [1.29, 1.82) is 0 Å². The molecule has 1 unspecified atom stereocenters. The molecule has 0 amide bonds. The summed E-state index contributed by atoms with van der Waals surface area (Å²) >= 11 is 0. The van der Waals surface area contributed by atoms with Crippen molar-refractivity contribution >= 4 is 0 Å². The molecule has 1 atom stereocenters. The quantitative estimate of drug-likeness (QED) is 0.915. The van der Waals surface area contributed by atoms with Gasteiger partial charge in [0.05, 0.1) is 0 Å². The van der Waals surface area contributed by atoms with E-state index in [-0.39, 0.29) is 5.60 Å². The molecule has 4 nitrogen and oxygen atoms in total. The first kappa shape index (κ1) is 13.6. The van der Waals surface area contributed by atoms with Crippen molar-refractivity contribution in [3.8, 4) is 17.2 Å². The zero-order valence-electron chi connectivity index (χ0n) is 12.5. The molecule has 0 fully saturated rings. The van der Waals surface area contributed by atoms with E-state index in [9.17, 15) is 0 Å². The third-order valence-corrected chi connectivity index (χ3v) is 4.52. The van der Waals surface area contributed by atoms with Crippen molar-refractivity contribution in [2.24, 2.45) is 0 Å². The Hall–Kier alpha value is -1.42. The first-order valence-electron chi connectivity index (χ1n) is 7.57. The number of benzene rings is 1. The zero-order valence-corrected chi connectivity index (χ0v) is 12.5. The van der Waals surface area contributed by atoms with Gasteiger partial charge in [-0.2, -0.15) is 0 Å². The number of ether oxygens (including phenoxy) is 3. The summed E-state index contributed by atoms with van der Waals surface area (Å²) in [5.41, 5.74) is 1.11. The Labute approximate surface area is 120 Å². The summed E-state index contributed by atoms with van der Waals surface area (Å²) in [4.78, 5) is 0. The maximum Gasteiger partial charge on any atom is 0.231 e. The topological polar surface area (TPSA) is 39.7 Å². The molecule has 20 heavy (non-hydrogen) atoms. The minimum Gasteiger partial charge on any atom is -0.487 e. The third-order valence-electron chi connectivity index (χ3n) is 4.52. The van der Waals surface area contributed by atoms with Crippen molar-refractivity contribution < 1.29 is 14.2 Å². The maximum atomic E-state index is 6.34. The van der Waals surface area contributed by atoms with E-state index >= 15 is 0 Å². The van der Waals surface area contributed by atoms with Gasteiger partial charge in [-0.15, -0.1) is 0 Å². The molecule has 1 N–H and O–H groups in total. The standard InChI is InChI=1S/C16H23NO3/c1-4-16(5-2)9-12(17-6-3)11-7-14-15(19-10-18-14)8-13(11)20-16/h7-8,12,17H,4-6,9-10H2,1-3H3. The lowest BCUT2D eigenvalue weighted by Crippen LogP contribution is -2.43. The van der Waals surface area contributed by atoms with Crippen LogP contribution in [0.25, 0.3) is 0 Å². The highest BCUT2D eigenvalue weighted by atomic mass is 16.7. The van der Waals surface area contributed by atoms with E-state index in [1.54, 1.807) is 0 Å². The maximum absolute atomic E-state index is 6.34. The molecule has 0 aromatic heterocycles. The summed E-state index contributed by atoms with van der Waals surface area (Å²) in [7, 11) is 0. The van der Waals surface area contributed by atoms with Gasteiger partial charge >= 0.3 is 0 Å². The Bertz CT molecular complexity index is 497. The van der Waals surface area contributed by atoms with Crippen LogP contribution in [0.1, 0.15) is 51.6 Å². The molecule has 0 spiro atoms. The second-order valence-electron chi connectivity index (χ2n) is 5.55. The predicted molar refractivity (Wildman–Crippen MR) is 77.5 cm³/mol. The third kappa shape index (κ3) is 2.12. The Morgan fingerprint density at radius 3 is 2.45 bits per heavy atom. The SMILES string of the molecule is CCNC1CC(CC)(CC)Oc2cc3c(cc21)OCO3. The van der Waals surface area contributed by atoms with Crippen molar-refractivity contribution in [2.45, 2.75) is 51.7 Å². The van der Waals surface area contributed by atoms with Gasteiger partial charge in [0.2, 0.25) is 6.79 Å². The average molecular weight is 277 g/mol. The van der Waals surface area contributed by atoms with Gasteiger partial charge in [0.25, 0.3) is 0 Å². The van der Waals surface area contributed by atoms with Crippen LogP contribution >= 0.6 is 0 Å². The van der Waals surface area contributed by atoms with E-state index in [0.29, 0.717) is 12.8 Å². The van der Waals surface area contributed by atoms with Crippen LogP contribution in [0, 0.1) is 0 Å². The molecule has 0 bridgehead atoms. The fourth-order valence-corrected chi connectivity index (χ4v) is 3.17. The second kappa shape index (κ2) is 5.17. The van der Waals surface area contributed by atoms with Crippen LogP contribution in [-0.2, 0) is 0 Å². The molecule has 2 aliphatic heterocycles. The van der Waals surface area contributed by atoms with Crippen LogP contribution in [0.15, 0.2) is 12.1 Å². The number of fused-ring (bicyclic) bond motifs is 2. The fourth-order valence-electron chi connectivity index (χ4n) is 3.17. The van der Waals surface area contributed by atoms with E-state index < -0.39 is 0 Å². The van der Waals surface area contributed by atoms with Crippen LogP contribution in [0.3, 0.4) is 0 Å². The highest BCUT2D eigenvalue weighted by Gasteiger charge is 2.39. The fraction of sp³-hybridized carbons (Fsp3) is 0.625. The number of nitrogens with one attached hydrogen (secondary N) is 1. The van der Waals surface area contributed by atoms with Crippen LogP contribution in [0.4, 0.5) is 0 Å². The zero-order chi connectivity index (χ0) is 14.2. The first-order chi connectivity index (χ1) is 9.71. The van der Waals surface area contributed by atoms with E-state index in [1.807, 2.05) is 6.07 Å². The van der Waals surface area contributed by atoms with Gasteiger partial charge in [-0.05, 0) is 25.5 Å². The van der Waals surface area contributed by atoms with Gasteiger partial charge in [0, 0.05) is 24.1 Å². The van der Waals surface area contributed by atoms with Gasteiger partial charge in [0.1, 0.15) is 11.4 Å². The van der Waals surface area contributed by atoms with Crippen molar-refractivity contribution in [3.05, 3.63) is 17.7 Å². The smallest absolute Gasteiger partial charge is 0.231 e. The Kier molecular flexibility index (Phi) is 3.50. The van der Waals surface area contributed by atoms with Gasteiger partial charge in [-0.25, -0.2) is 0 Å². The molecular formula is C16H23NO3. The number of rotatable bonds is 4. The van der Waals surface area contributed by atoms with Crippen LogP contribution in [0.5, 0.6) is 17.2 Å². The van der Waals surface area contributed by atoms with Crippen LogP contribution in [0.2, 0.25) is 0 Å². The minimum absolute atomic E-state index is 0.0759. The molecule has 2 aliphatic rings. The molecule has 0 radical (unpaired) electrons. The molecule has 2 heterocycles. The summed E-state index contributed by atoms with van der Waals surface area (Å²) in [6.07, 6.45) is 3.03. The lowest BCUT2D eigenvalue weighted by molar-refractivity contribution is 0.0229. The lowest BCUT2D eigenvalue weighted by Gasteiger charge is -2.41. The van der Waals surface area contributed by atoms with Crippen LogP contribution < -0.4 is 19.5 Å². The molecule has 1 aromatic carbocycles. The molecule has 3 rings (SSSR count). The molecule has 0 aliphatic carbocycles. The minimum atomic E-state index is -0.0759. The van der Waals surface area contributed by atoms with E-state index in [2.05, 4.69) is 32.2 Å². The lowest BCUT2D eigenvalue weighted by atomic mass is 9.83. The molecule has 4 heteroatoms. The summed E-state index contributed by atoms with van der Waals surface area (Å²) in [5, 5.41) is 3.58. The van der Waals surface area contributed by atoms with E-state index in [1.165, 1.54) is 5.56 Å². The molecule has 0 saturated carbocycles. The van der Waals surface area contributed by atoms with Crippen molar-refractivity contribution in [1.82, 2.24) is 5.32 Å². The summed E-state index contributed by atoms with van der Waals surface area (Å²) < 4.78 is 17.3. The Balaban J connectivity index is 2.02. The summed E-state index contributed by atoms with van der Waals surface area (Å²) in [6, 6.07) is 4.37. The first-order valence-corrected chi connectivity index (χ1v) is 7.57. The highest BCUT2D eigenvalue weighted by molar-refractivity contribution is 5.54. The highest BCUT2D eigenvalue weighted by Crippen LogP contribution is 2.48. The predicted octanol–water partition coefficient (Wildman–Crippen LogP) is 3.41. The summed E-state index contributed by atoms with van der Waals surface area (Å²) in [6.45, 7) is 7.79. The average Bonchev–Trinajstić information content (AvgIpc) is 2.92. The van der Waals surface area contributed by atoms with E-state index in [0.717, 1.165) is 43.1 Å². The monoisotopic (exact) mass is 277 g/mol. The van der Waals surface area contributed by atoms with Gasteiger partial charge in [0.15, 0.2) is 11.5 Å². The number of hydrogen-bond acceptors (Lipinski definition) is 4. The Morgan fingerprint density at radius 2 is 1.80 bits per heavy atom. The Morgan fingerprint density at radius 1 is 1.10 bits per heavy atom. The van der Waals surface area contributed by atoms with Gasteiger partial charge < -0.3 is 19.5 Å². The van der Waals surface area contributed by atoms with Gasteiger partial charge in [-0.1, -0.05) is 20.8 Å². The van der Waals surface area contributed by atoms with Gasteiger partial charge in [-0.3, -0.25) is 0 Å². The van der Waals surface area contributed by atoms with E-state index in [4.69, 9.17) is 14.2 Å². The molecule has 1 aromatic rings. The summed E-state index contributed by atoms with van der Waals surface area (Å²) in [5.74, 6) is 2.56. The number of hydrogen-bond donors (Lipinski definition) is 1. The van der Waals surface area contributed by atoms with Crippen molar-refractivity contribution in [3.63, 3.8) is 0 Å². The molecule has 110 valence electrons. The van der Waals surface area contributed by atoms with Crippen LogP contribution in [-0.4, -0.2) is 18.9 Å². The van der Waals surface area contributed by atoms with Crippen molar-refractivity contribution in [2.75, 3.05) is 13.3 Å².